The molecule has 0 fully saturated rings. The van der Waals surface area contributed by atoms with Crippen molar-refractivity contribution in [1.29, 1.82) is 0 Å². The lowest BCUT2D eigenvalue weighted by molar-refractivity contribution is 0.415. The molecule has 2 aromatic rings. The Morgan fingerprint density at radius 1 is 1.32 bits per heavy atom. The summed E-state index contributed by atoms with van der Waals surface area (Å²) in [6.07, 6.45) is 1.06. The van der Waals surface area contributed by atoms with E-state index < -0.39 is 0 Å². The SMILES string of the molecule is COc1ccc2c(CCNC(C)C)c(C)n(C)c2c1. The number of ether oxygens (including phenoxy) is 1. The van der Waals surface area contributed by atoms with Crippen molar-refractivity contribution in [2.45, 2.75) is 33.2 Å². The van der Waals surface area contributed by atoms with E-state index in [9.17, 15) is 0 Å². The number of aromatic nitrogens is 1. The Morgan fingerprint density at radius 3 is 2.68 bits per heavy atom. The average Bonchev–Trinajstić information content (AvgIpc) is 2.63. The van der Waals surface area contributed by atoms with Gasteiger partial charge in [0.2, 0.25) is 0 Å². The van der Waals surface area contributed by atoms with E-state index in [4.69, 9.17) is 4.74 Å². The van der Waals surface area contributed by atoms with Crippen LogP contribution in [0.25, 0.3) is 10.9 Å². The maximum Gasteiger partial charge on any atom is 0.120 e. The largest absolute Gasteiger partial charge is 0.497 e. The Balaban J connectivity index is 2.35. The van der Waals surface area contributed by atoms with Gasteiger partial charge >= 0.3 is 0 Å². The second-order valence-corrected chi connectivity index (χ2v) is 5.36. The van der Waals surface area contributed by atoms with Crippen LogP contribution in [-0.2, 0) is 13.5 Å². The fourth-order valence-corrected chi connectivity index (χ4v) is 2.55. The van der Waals surface area contributed by atoms with Crippen LogP contribution in [0.2, 0.25) is 0 Å². The molecule has 2 rings (SSSR count). The summed E-state index contributed by atoms with van der Waals surface area (Å²) in [5, 5.41) is 4.82. The summed E-state index contributed by atoms with van der Waals surface area (Å²) < 4.78 is 7.57. The first kappa shape index (κ1) is 13.9. The van der Waals surface area contributed by atoms with Crippen LogP contribution in [0, 0.1) is 6.92 Å². The van der Waals surface area contributed by atoms with Gasteiger partial charge in [-0.15, -0.1) is 0 Å². The summed E-state index contributed by atoms with van der Waals surface area (Å²) in [5.74, 6) is 0.917. The normalized spacial score (nSPS) is 11.5. The van der Waals surface area contributed by atoms with Gasteiger partial charge in [-0.2, -0.15) is 0 Å². The second-order valence-electron chi connectivity index (χ2n) is 5.36. The number of aryl methyl sites for hydroxylation is 1. The number of nitrogens with one attached hydrogen (secondary N) is 1. The van der Waals surface area contributed by atoms with Crippen LogP contribution in [0.15, 0.2) is 18.2 Å². The number of hydrogen-bond acceptors (Lipinski definition) is 2. The van der Waals surface area contributed by atoms with E-state index in [1.54, 1.807) is 7.11 Å². The summed E-state index contributed by atoms with van der Waals surface area (Å²) in [5.41, 5.74) is 4.03. The molecule has 3 nitrogen and oxygen atoms in total. The zero-order valence-electron chi connectivity index (χ0n) is 12.6. The van der Waals surface area contributed by atoms with Gasteiger partial charge in [-0.3, -0.25) is 0 Å². The van der Waals surface area contributed by atoms with Crippen molar-refractivity contribution < 1.29 is 4.74 Å². The molecule has 0 amide bonds. The third-order valence-electron chi connectivity index (χ3n) is 3.76. The van der Waals surface area contributed by atoms with E-state index in [0.29, 0.717) is 6.04 Å². The molecule has 0 aliphatic heterocycles. The smallest absolute Gasteiger partial charge is 0.120 e. The van der Waals surface area contributed by atoms with Crippen LogP contribution < -0.4 is 10.1 Å². The highest BCUT2D eigenvalue weighted by molar-refractivity contribution is 5.86. The molecular weight excluding hydrogens is 236 g/mol. The lowest BCUT2D eigenvalue weighted by Crippen LogP contribution is -2.25. The molecule has 0 atom stereocenters. The molecule has 0 aliphatic carbocycles. The molecule has 1 N–H and O–H groups in total. The van der Waals surface area contributed by atoms with Gasteiger partial charge in [0.25, 0.3) is 0 Å². The van der Waals surface area contributed by atoms with Crippen LogP contribution >= 0.6 is 0 Å². The first-order valence-electron chi connectivity index (χ1n) is 6.90. The minimum Gasteiger partial charge on any atom is -0.497 e. The van der Waals surface area contributed by atoms with Gasteiger partial charge in [0.1, 0.15) is 5.75 Å². The first-order chi connectivity index (χ1) is 9.04. The summed E-state index contributed by atoms with van der Waals surface area (Å²) in [6.45, 7) is 7.57. The quantitative estimate of drug-likeness (QED) is 0.894. The van der Waals surface area contributed by atoms with Crippen molar-refractivity contribution in [2.24, 2.45) is 7.05 Å². The van der Waals surface area contributed by atoms with Crippen molar-refractivity contribution in [1.82, 2.24) is 9.88 Å². The average molecular weight is 260 g/mol. The Kier molecular flexibility index (Phi) is 4.15. The third kappa shape index (κ3) is 2.76. The third-order valence-corrected chi connectivity index (χ3v) is 3.76. The maximum atomic E-state index is 5.31. The molecule has 0 bridgehead atoms. The van der Waals surface area contributed by atoms with Crippen molar-refractivity contribution in [3.8, 4) is 5.75 Å². The van der Waals surface area contributed by atoms with Crippen molar-refractivity contribution in [3.05, 3.63) is 29.5 Å². The Labute approximate surface area is 115 Å². The lowest BCUT2D eigenvalue weighted by atomic mass is 10.1. The summed E-state index contributed by atoms with van der Waals surface area (Å²) in [7, 11) is 3.83. The van der Waals surface area contributed by atoms with E-state index in [-0.39, 0.29) is 0 Å². The predicted octanol–water partition coefficient (Wildman–Crippen LogP) is 3.04. The molecular formula is C16H24N2O. The fourth-order valence-electron chi connectivity index (χ4n) is 2.55. The molecule has 0 saturated heterocycles. The minimum atomic E-state index is 0.537. The van der Waals surface area contributed by atoms with Crippen LogP contribution in [-0.4, -0.2) is 24.3 Å². The van der Waals surface area contributed by atoms with E-state index in [2.05, 4.69) is 49.8 Å². The molecule has 1 aromatic carbocycles. The Morgan fingerprint density at radius 2 is 2.05 bits per heavy atom. The summed E-state index contributed by atoms with van der Waals surface area (Å²) >= 11 is 0. The highest BCUT2D eigenvalue weighted by Gasteiger charge is 2.12. The molecule has 0 unspecified atom stereocenters. The number of nitrogens with zero attached hydrogens (tertiary/aromatic N) is 1. The molecule has 0 saturated carbocycles. The molecule has 1 aromatic heterocycles. The van der Waals surface area contributed by atoms with E-state index in [0.717, 1.165) is 18.7 Å². The van der Waals surface area contributed by atoms with Gasteiger partial charge < -0.3 is 14.6 Å². The monoisotopic (exact) mass is 260 g/mol. The molecule has 0 aliphatic rings. The van der Waals surface area contributed by atoms with Gasteiger partial charge in [-0.1, -0.05) is 13.8 Å². The van der Waals surface area contributed by atoms with E-state index in [1.165, 1.54) is 22.2 Å². The van der Waals surface area contributed by atoms with Gasteiger partial charge in [-0.05, 0) is 37.6 Å². The van der Waals surface area contributed by atoms with Crippen molar-refractivity contribution >= 4 is 10.9 Å². The number of fused-ring (bicyclic) bond motifs is 1. The van der Waals surface area contributed by atoms with Crippen LogP contribution in [0.5, 0.6) is 5.75 Å². The maximum absolute atomic E-state index is 5.31. The summed E-state index contributed by atoms with van der Waals surface area (Å²) in [4.78, 5) is 0. The molecule has 0 radical (unpaired) electrons. The zero-order chi connectivity index (χ0) is 14.0. The molecule has 1 heterocycles. The van der Waals surface area contributed by atoms with Crippen molar-refractivity contribution in [2.75, 3.05) is 13.7 Å². The first-order valence-corrected chi connectivity index (χ1v) is 6.90. The minimum absolute atomic E-state index is 0.537. The van der Waals surface area contributed by atoms with Gasteiger partial charge in [-0.25, -0.2) is 0 Å². The lowest BCUT2D eigenvalue weighted by Gasteiger charge is -2.08. The predicted molar refractivity (Wildman–Crippen MR) is 81.1 cm³/mol. The highest BCUT2D eigenvalue weighted by atomic mass is 16.5. The highest BCUT2D eigenvalue weighted by Crippen LogP contribution is 2.28. The van der Waals surface area contributed by atoms with E-state index in [1.807, 2.05) is 6.07 Å². The number of rotatable bonds is 5. The fraction of sp³-hybridized carbons (Fsp3) is 0.500. The topological polar surface area (TPSA) is 26.2 Å². The molecule has 104 valence electrons. The van der Waals surface area contributed by atoms with Crippen molar-refractivity contribution in [3.63, 3.8) is 0 Å². The molecule has 0 spiro atoms. The van der Waals surface area contributed by atoms with E-state index >= 15 is 0 Å². The van der Waals surface area contributed by atoms with Gasteiger partial charge in [0.15, 0.2) is 0 Å². The zero-order valence-corrected chi connectivity index (χ0v) is 12.6. The standard InChI is InChI=1S/C16H24N2O/c1-11(2)17-9-8-14-12(3)18(4)16-10-13(19-5)6-7-15(14)16/h6-7,10-11,17H,8-9H2,1-5H3. The molecule has 3 heteroatoms. The van der Waals surface area contributed by atoms with Gasteiger partial charge in [0, 0.05) is 30.2 Å². The Bertz CT molecular complexity index is 570. The number of benzene rings is 1. The summed E-state index contributed by atoms with van der Waals surface area (Å²) in [6, 6.07) is 6.87. The number of methoxy groups -OCH3 is 1. The second kappa shape index (κ2) is 5.66. The van der Waals surface area contributed by atoms with Crippen LogP contribution in [0.4, 0.5) is 0 Å². The van der Waals surface area contributed by atoms with Crippen LogP contribution in [0.3, 0.4) is 0 Å². The number of hydrogen-bond donors (Lipinski definition) is 1. The molecule has 19 heavy (non-hydrogen) atoms. The Hall–Kier alpha value is -1.48. The van der Waals surface area contributed by atoms with Gasteiger partial charge in [0.05, 0.1) is 12.6 Å². The van der Waals surface area contributed by atoms with Crippen LogP contribution in [0.1, 0.15) is 25.1 Å².